The van der Waals surface area contributed by atoms with Gasteiger partial charge in [-0.2, -0.15) is 0 Å². The van der Waals surface area contributed by atoms with Crippen LogP contribution in [0, 0.1) is 0 Å². The lowest BCUT2D eigenvalue weighted by Crippen LogP contribution is -2.32. The van der Waals surface area contributed by atoms with Crippen molar-refractivity contribution in [1.82, 2.24) is 5.32 Å². The number of anilines is 1. The van der Waals surface area contributed by atoms with Gasteiger partial charge in [-0.1, -0.05) is 18.2 Å². The number of nitrogens with one attached hydrogen (secondary N) is 1. The summed E-state index contributed by atoms with van der Waals surface area (Å²) in [6.45, 7) is 0.145. The van der Waals surface area contributed by atoms with E-state index in [2.05, 4.69) is 5.32 Å². The summed E-state index contributed by atoms with van der Waals surface area (Å²) in [7, 11) is 0. The summed E-state index contributed by atoms with van der Waals surface area (Å²) in [6, 6.07) is 15.1. The third kappa shape index (κ3) is 5.41. The quantitative estimate of drug-likeness (QED) is 0.414. The third-order valence-corrected chi connectivity index (χ3v) is 4.18. The first-order valence-corrected chi connectivity index (χ1v) is 9.12. The van der Waals surface area contributed by atoms with Gasteiger partial charge in [0.05, 0.1) is 17.8 Å². The van der Waals surface area contributed by atoms with E-state index < -0.39 is 18.5 Å². The Morgan fingerprint density at radius 1 is 0.931 bits per heavy atom. The first-order chi connectivity index (χ1) is 14.0. The van der Waals surface area contributed by atoms with E-state index in [0.717, 1.165) is 4.90 Å². The van der Waals surface area contributed by atoms with Gasteiger partial charge in [0.2, 0.25) is 11.8 Å². The normalized spacial score (nSPS) is 13.3. The zero-order valence-electron chi connectivity index (χ0n) is 15.6. The summed E-state index contributed by atoms with van der Waals surface area (Å²) in [5.41, 5.74) is 0.623. The van der Waals surface area contributed by atoms with Crippen molar-refractivity contribution in [3.8, 4) is 5.75 Å². The molecule has 2 aromatic rings. The molecule has 2 aromatic carbocycles. The molecule has 8 heteroatoms. The number of amides is 3. The van der Waals surface area contributed by atoms with Gasteiger partial charge in [0.25, 0.3) is 5.91 Å². The van der Waals surface area contributed by atoms with Crippen LogP contribution in [0.3, 0.4) is 0 Å². The zero-order chi connectivity index (χ0) is 20.6. The number of para-hydroxylation sites is 1. The van der Waals surface area contributed by atoms with Crippen molar-refractivity contribution in [1.29, 1.82) is 0 Å². The summed E-state index contributed by atoms with van der Waals surface area (Å²) >= 11 is 0. The zero-order valence-corrected chi connectivity index (χ0v) is 15.6. The summed E-state index contributed by atoms with van der Waals surface area (Å²) < 4.78 is 10.4. The molecule has 3 amide bonds. The van der Waals surface area contributed by atoms with Crippen LogP contribution < -0.4 is 15.0 Å². The molecule has 29 heavy (non-hydrogen) atoms. The maximum absolute atomic E-state index is 12.1. The maximum atomic E-state index is 12.1. The fourth-order valence-electron chi connectivity index (χ4n) is 2.75. The summed E-state index contributed by atoms with van der Waals surface area (Å²) in [6.07, 6.45) is 0.377. The van der Waals surface area contributed by atoms with Gasteiger partial charge in [-0.15, -0.1) is 0 Å². The van der Waals surface area contributed by atoms with Gasteiger partial charge in [0, 0.05) is 12.8 Å². The highest BCUT2D eigenvalue weighted by atomic mass is 16.5. The fraction of sp³-hybridized carbons (Fsp3) is 0.238. The van der Waals surface area contributed by atoms with E-state index in [1.54, 1.807) is 0 Å². The highest BCUT2D eigenvalue weighted by Crippen LogP contribution is 2.22. The van der Waals surface area contributed by atoms with Crippen molar-refractivity contribution in [3.05, 3.63) is 60.2 Å². The lowest BCUT2D eigenvalue weighted by Gasteiger charge is -2.14. The average Bonchev–Trinajstić information content (AvgIpc) is 3.08. The van der Waals surface area contributed by atoms with Crippen LogP contribution >= 0.6 is 0 Å². The number of hydrogen-bond donors (Lipinski definition) is 1. The number of hydrogen-bond acceptors (Lipinski definition) is 6. The molecule has 0 bridgehead atoms. The second kappa shape index (κ2) is 9.50. The van der Waals surface area contributed by atoms with Crippen LogP contribution in [-0.2, 0) is 19.1 Å². The van der Waals surface area contributed by atoms with Crippen LogP contribution in [0.4, 0.5) is 5.69 Å². The van der Waals surface area contributed by atoms with Gasteiger partial charge in [-0.05, 0) is 36.4 Å². The smallest absolute Gasteiger partial charge is 0.338 e. The Labute approximate surface area is 167 Å². The third-order valence-electron chi connectivity index (χ3n) is 4.18. The maximum Gasteiger partial charge on any atom is 0.338 e. The summed E-state index contributed by atoms with van der Waals surface area (Å²) in [5.74, 6) is -0.948. The lowest BCUT2D eigenvalue weighted by atomic mass is 10.2. The predicted molar refractivity (Wildman–Crippen MR) is 103 cm³/mol. The minimum Gasteiger partial charge on any atom is -0.492 e. The largest absolute Gasteiger partial charge is 0.492 e. The van der Waals surface area contributed by atoms with Crippen molar-refractivity contribution in [3.63, 3.8) is 0 Å². The number of ether oxygens (including phenoxy) is 2. The highest BCUT2D eigenvalue weighted by molar-refractivity contribution is 6.19. The van der Waals surface area contributed by atoms with Gasteiger partial charge in [-0.25, -0.2) is 4.79 Å². The molecule has 0 aliphatic carbocycles. The minimum atomic E-state index is -0.675. The Morgan fingerprint density at radius 3 is 2.24 bits per heavy atom. The number of esters is 1. The number of benzene rings is 2. The van der Waals surface area contributed by atoms with Gasteiger partial charge in [0.1, 0.15) is 12.4 Å². The van der Waals surface area contributed by atoms with Crippen molar-refractivity contribution in [2.24, 2.45) is 0 Å². The first-order valence-electron chi connectivity index (χ1n) is 9.12. The molecule has 1 heterocycles. The van der Waals surface area contributed by atoms with Crippen molar-refractivity contribution in [2.75, 3.05) is 24.7 Å². The van der Waals surface area contributed by atoms with Crippen molar-refractivity contribution < 1.29 is 28.7 Å². The van der Waals surface area contributed by atoms with Crippen LogP contribution in [0.2, 0.25) is 0 Å². The van der Waals surface area contributed by atoms with E-state index in [0.29, 0.717) is 18.0 Å². The van der Waals surface area contributed by atoms with E-state index >= 15 is 0 Å². The molecular weight excluding hydrogens is 376 g/mol. The molecule has 0 radical (unpaired) electrons. The molecule has 0 atom stereocenters. The number of nitrogens with zero attached hydrogens (tertiary/aromatic N) is 1. The molecule has 1 aliphatic rings. The van der Waals surface area contributed by atoms with Crippen LogP contribution in [0.25, 0.3) is 0 Å². The van der Waals surface area contributed by atoms with E-state index in [9.17, 15) is 19.2 Å². The molecule has 3 rings (SSSR count). The van der Waals surface area contributed by atoms with Crippen LogP contribution in [0.15, 0.2) is 54.6 Å². The molecular formula is C21H20N2O6. The van der Waals surface area contributed by atoms with E-state index in [1.807, 2.05) is 30.3 Å². The van der Waals surface area contributed by atoms with Crippen LogP contribution in [0.1, 0.15) is 23.2 Å². The Kier molecular flexibility index (Phi) is 6.57. The molecule has 0 aromatic heterocycles. The van der Waals surface area contributed by atoms with Crippen molar-refractivity contribution >= 4 is 29.4 Å². The van der Waals surface area contributed by atoms with Gasteiger partial charge in [-0.3, -0.25) is 19.3 Å². The number of carbonyl (C=O) groups excluding carboxylic acids is 4. The molecule has 0 saturated carbocycles. The van der Waals surface area contributed by atoms with Crippen LogP contribution in [0.5, 0.6) is 5.75 Å². The second-order valence-electron chi connectivity index (χ2n) is 6.26. The van der Waals surface area contributed by atoms with Gasteiger partial charge in [0.15, 0.2) is 6.61 Å². The first kappa shape index (κ1) is 20.1. The highest BCUT2D eigenvalue weighted by Gasteiger charge is 2.30. The number of rotatable bonds is 8. The average molecular weight is 396 g/mol. The molecule has 150 valence electrons. The molecule has 1 aliphatic heterocycles. The molecule has 1 saturated heterocycles. The van der Waals surface area contributed by atoms with E-state index in [4.69, 9.17) is 9.47 Å². The SMILES string of the molecule is O=C(COC(=O)c1ccc(N2C(=O)CCC2=O)cc1)NCCOc1ccccc1. The summed E-state index contributed by atoms with van der Waals surface area (Å²) in [4.78, 5) is 48.4. The molecule has 0 spiro atoms. The Morgan fingerprint density at radius 2 is 1.59 bits per heavy atom. The lowest BCUT2D eigenvalue weighted by molar-refractivity contribution is -0.124. The molecule has 1 N–H and O–H groups in total. The standard InChI is InChI=1S/C21H20N2O6/c24-18(22-12-13-28-17-4-2-1-3-5-17)14-29-21(27)15-6-8-16(9-7-15)23-19(25)10-11-20(23)26/h1-9H,10-14H2,(H,22,24). The van der Waals surface area contributed by atoms with Crippen molar-refractivity contribution in [2.45, 2.75) is 12.8 Å². The molecule has 8 nitrogen and oxygen atoms in total. The Bertz CT molecular complexity index is 879. The molecule has 1 fully saturated rings. The number of imide groups is 1. The Hall–Kier alpha value is -3.68. The summed E-state index contributed by atoms with van der Waals surface area (Å²) in [5, 5.41) is 2.59. The molecule has 0 unspecified atom stereocenters. The minimum absolute atomic E-state index is 0.189. The predicted octanol–water partition coefficient (Wildman–Crippen LogP) is 1.69. The second-order valence-corrected chi connectivity index (χ2v) is 6.26. The monoisotopic (exact) mass is 396 g/mol. The van der Waals surface area contributed by atoms with Crippen LogP contribution in [-0.4, -0.2) is 43.4 Å². The Balaban J connectivity index is 1.40. The number of carbonyl (C=O) groups is 4. The fourth-order valence-corrected chi connectivity index (χ4v) is 2.75. The topological polar surface area (TPSA) is 102 Å². The van der Waals surface area contributed by atoms with E-state index in [-0.39, 0.29) is 36.8 Å². The van der Waals surface area contributed by atoms with Gasteiger partial charge >= 0.3 is 5.97 Å². The van der Waals surface area contributed by atoms with E-state index in [1.165, 1.54) is 24.3 Å². The van der Waals surface area contributed by atoms with Gasteiger partial charge < -0.3 is 14.8 Å².